The van der Waals surface area contributed by atoms with Crippen molar-refractivity contribution < 1.29 is 5.11 Å². The summed E-state index contributed by atoms with van der Waals surface area (Å²) in [4.78, 5) is 2.64. The molecule has 0 atom stereocenters. The van der Waals surface area contributed by atoms with E-state index in [1.54, 1.807) is 0 Å². The smallest absolute Gasteiger partial charge is 0.0433 e. The molecule has 0 spiro atoms. The van der Waals surface area contributed by atoms with E-state index in [9.17, 15) is 0 Å². The van der Waals surface area contributed by atoms with E-state index in [0.717, 1.165) is 18.3 Å². The molecule has 0 radical (unpaired) electrons. The molecule has 0 aromatic heterocycles. The standard InChI is InChI=1S/C12H23NO/c14-9-6-11-4-7-13(8-5-11)10-12-2-1-3-12/h11-12,14H,1-10H2. The molecule has 2 nitrogen and oxygen atoms in total. The van der Waals surface area contributed by atoms with Gasteiger partial charge in [0.15, 0.2) is 0 Å². The van der Waals surface area contributed by atoms with Crippen LogP contribution in [0.2, 0.25) is 0 Å². The van der Waals surface area contributed by atoms with E-state index in [1.807, 2.05) is 0 Å². The lowest BCUT2D eigenvalue weighted by Gasteiger charge is -2.36. The minimum absolute atomic E-state index is 0.382. The average Bonchev–Trinajstić information content (AvgIpc) is 2.14. The first-order valence-corrected chi connectivity index (χ1v) is 6.21. The number of piperidine rings is 1. The Morgan fingerprint density at radius 3 is 2.21 bits per heavy atom. The molecule has 1 saturated heterocycles. The molecule has 1 N–H and O–H groups in total. The van der Waals surface area contributed by atoms with Gasteiger partial charge in [0.1, 0.15) is 0 Å². The first-order chi connectivity index (χ1) is 6.88. The van der Waals surface area contributed by atoms with Crippen molar-refractivity contribution in [1.82, 2.24) is 4.90 Å². The van der Waals surface area contributed by atoms with Crippen LogP contribution in [-0.4, -0.2) is 36.2 Å². The number of aliphatic hydroxyl groups excluding tert-OH is 1. The summed E-state index contributed by atoms with van der Waals surface area (Å²) in [5.41, 5.74) is 0. The molecule has 0 aromatic carbocycles. The highest BCUT2D eigenvalue weighted by atomic mass is 16.3. The number of hydrogen-bond acceptors (Lipinski definition) is 2. The molecule has 2 rings (SSSR count). The molecule has 0 aromatic rings. The van der Waals surface area contributed by atoms with E-state index in [-0.39, 0.29) is 0 Å². The Kier molecular flexibility index (Phi) is 3.82. The zero-order valence-corrected chi connectivity index (χ0v) is 9.12. The van der Waals surface area contributed by atoms with E-state index in [4.69, 9.17) is 5.11 Å². The van der Waals surface area contributed by atoms with E-state index in [1.165, 1.54) is 51.7 Å². The highest BCUT2D eigenvalue weighted by Gasteiger charge is 2.24. The van der Waals surface area contributed by atoms with Crippen LogP contribution in [0.1, 0.15) is 38.5 Å². The third-order valence-corrected chi connectivity index (χ3v) is 3.99. The highest BCUT2D eigenvalue weighted by molar-refractivity contribution is 4.78. The molecular weight excluding hydrogens is 174 g/mol. The second kappa shape index (κ2) is 5.13. The molecule has 0 unspecified atom stereocenters. The van der Waals surface area contributed by atoms with Crippen LogP contribution in [0.5, 0.6) is 0 Å². The second-order valence-corrected chi connectivity index (χ2v) is 5.05. The predicted molar refractivity (Wildman–Crippen MR) is 58.2 cm³/mol. The summed E-state index contributed by atoms with van der Waals surface area (Å²) < 4.78 is 0. The molecule has 2 fully saturated rings. The number of likely N-dealkylation sites (tertiary alicyclic amines) is 1. The Hall–Kier alpha value is -0.0800. The maximum atomic E-state index is 8.86. The first-order valence-electron chi connectivity index (χ1n) is 6.21. The van der Waals surface area contributed by atoms with Gasteiger partial charge in [0, 0.05) is 13.2 Å². The van der Waals surface area contributed by atoms with Crippen LogP contribution in [0.3, 0.4) is 0 Å². The molecule has 2 aliphatic rings. The lowest BCUT2D eigenvalue weighted by atomic mass is 9.84. The molecule has 1 heterocycles. The maximum absolute atomic E-state index is 8.86. The molecule has 82 valence electrons. The predicted octanol–water partition coefficient (Wildman–Crippen LogP) is 1.88. The van der Waals surface area contributed by atoms with Crippen molar-refractivity contribution in [2.24, 2.45) is 11.8 Å². The van der Waals surface area contributed by atoms with Crippen molar-refractivity contribution in [3.05, 3.63) is 0 Å². The zero-order valence-electron chi connectivity index (χ0n) is 9.12. The van der Waals surface area contributed by atoms with Gasteiger partial charge in [-0.2, -0.15) is 0 Å². The fraction of sp³-hybridized carbons (Fsp3) is 1.00. The van der Waals surface area contributed by atoms with Crippen molar-refractivity contribution in [2.45, 2.75) is 38.5 Å². The van der Waals surface area contributed by atoms with Gasteiger partial charge in [0.25, 0.3) is 0 Å². The number of hydrogen-bond donors (Lipinski definition) is 1. The number of rotatable bonds is 4. The Balaban J connectivity index is 1.62. The topological polar surface area (TPSA) is 23.5 Å². The Labute approximate surface area is 87.3 Å². The maximum Gasteiger partial charge on any atom is 0.0433 e. The van der Waals surface area contributed by atoms with Gasteiger partial charge in [0.05, 0.1) is 0 Å². The number of nitrogens with zero attached hydrogens (tertiary/aromatic N) is 1. The van der Waals surface area contributed by atoms with Crippen LogP contribution >= 0.6 is 0 Å². The Morgan fingerprint density at radius 1 is 1.00 bits per heavy atom. The third kappa shape index (κ3) is 2.71. The van der Waals surface area contributed by atoms with Crippen LogP contribution in [0, 0.1) is 11.8 Å². The van der Waals surface area contributed by atoms with Crippen LogP contribution < -0.4 is 0 Å². The zero-order chi connectivity index (χ0) is 9.80. The largest absolute Gasteiger partial charge is 0.396 e. The Bertz CT molecular complexity index is 160. The number of aliphatic hydroxyl groups is 1. The summed E-state index contributed by atoms with van der Waals surface area (Å²) in [7, 11) is 0. The van der Waals surface area contributed by atoms with Crippen molar-refractivity contribution in [1.29, 1.82) is 0 Å². The van der Waals surface area contributed by atoms with Gasteiger partial charge in [-0.15, -0.1) is 0 Å². The van der Waals surface area contributed by atoms with Gasteiger partial charge < -0.3 is 10.0 Å². The SMILES string of the molecule is OCCC1CCN(CC2CCC2)CC1. The van der Waals surface area contributed by atoms with Crippen LogP contribution in [0.15, 0.2) is 0 Å². The van der Waals surface area contributed by atoms with Crippen LogP contribution in [0.25, 0.3) is 0 Å². The van der Waals surface area contributed by atoms with E-state index in [2.05, 4.69) is 4.90 Å². The second-order valence-electron chi connectivity index (χ2n) is 5.05. The van der Waals surface area contributed by atoms with Crippen molar-refractivity contribution in [2.75, 3.05) is 26.2 Å². The monoisotopic (exact) mass is 197 g/mol. The van der Waals surface area contributed by atoms with Crippen LogP contribution in [-0.2, 0) is 0 Å². The summed E-state index contributed by atoms with van der Waals surface area (Å²) >= 11 is 0. The van der Waals surface area contributed by atoms with Gasteiger partial charge in [-0.3, -0.25) is 0 Å². The average molecular weight is 197 g/mol. The fourth-order valence-electron chi connectivity index (χ4n) is 2.68. The van der Waals surface area contributed by atoms with Crippen molar-refractivity contribution >= 4 is 0 Å². The van der Waals surface area contributed by atoms with Gasteiger partial charge >= 0.3 is 0 Å². The van der Waals surface area contributed by atoms with Gasteiger partial charge in [-0.05, 0) is 57.0 Å². The molecule has 0 bridgehead atoms. The van der Waals surface area contributed by atoms with E-state index < -0.39 is 0 Å². The minimum Gasteiger partial charge on any atom is -0.396 e. The van der Waals surface area contributed by atoms with Gasteiger partial charge in [-0.25, -0.2) is 0 Å². The molecule has 1 saturated carbocycles. The summed E-state index contributed by atoms with van der Waals surface area (Å²) in [6, 6.07) is 0. The van der Waals surface area contributed by atoms with Gasteiger partial charge in [0.2, 0.25) is 0 Å². The molecular formula is C12H23NO. The molecule has 0 amide bonds. The quantitative estimate of drug-likeness (QED) is 0.744. The molecule has 2 heteroatoms. The summed E-state index contributed by atoms with van der Waals surface area (Å²) in [5, 5.41) is 8.86. The van der Waals surface area contributed by atoms with Gasteiger partial charge in [-0.1, -0.05) is 6.42 Å². The minimum atomic E-state index is 0.382. The Morgan fingerprint density at radius 2 is 1.71 bits per heavy atom. The first kappa shape index (κ1) is 10.4. The van der Waals surface area contributed by atoms with E-state index >= 15 is 0 Å². The molecule has 1 aliphatic heterocycles. The normalized spacial score (nSPS) is 26.4. The highest BCUT2D eigenvalue weighted by Crippen LogP contribution is 2.29. The molecule has 1 aliphatic carbocycles. The van der Waals surface area contributed by atoms with E-state index in [0.29, 0.717) is 6.61 Å². The summed E-state index contributed by atoms with van der Waals surface area (Å²) in [6.07, 6.45) is 8.05. The summed E-state index contributed by atoms with van der Waals surface area (Å²) in [5.74, 6) is 1.82. The lowest BCUT2D eigenvalue weighted by molar-refractivity contribution is 0.120. The fourth-order valence-corrected chi connectivity index (χ4v) is 2.68. The molecule has 14 heavy (non-hydrogen) atoms. The lowest BCUT2D eigenvalue weighted by Crippen LogP contribution is -2.38. The van der Waals surface area contributed by atoms with Crippen molar-refractivity contribution in [3.8, 4) is 0 Å². The third-order valence-electron chi connectivity index (χ3n) is 3.99. The summed E-state index contributed by atoms with van der Waals surface area (Å²) in [6.45, 7) is 4.29. The van der Waals surface area contributed by atoms with Crippen molar-refractivity contribution in [3.63, 3.8) is 0 Å². The van der Waals surface area contributed by atoms with Crippen LogP contribution in [0.4, 0.5) is 0 Å².